The maximum atomic E-state index is 5.05. The Balaban J connectivity index is 2.71. The second-order valence-corrected chi connectivity index (χ2v) is 2.74. The van der Waals surface area contributed by atoms with Crippen LogP contribution in [0.15, 0.2) is 23.5 Å². The van der Waals surface area contributed by atoms with E-state index in [0.29, 0.717) is 0 Å². The molecule has 0 N–H and O–H groups in total. The Morgan fingerprint density at radius 2 is 2.20 bits per heavy atom. The first kappa shape index (κ1) is 7.39. The zero-order chi connectivity index (χ0) is 7.56. The molecule has 1 heteroatoms. The number of ether oxygens (including phenoxy) is 1. The summed E-state index contributed by atoms with van der Waals surface area (Å²) >= 11 is 0. The van der Waals surface area contributed by atoms with E-state index in [2.05, 4.69) is 13.5 Å². The zero-order valence-electron chi connectivity index (χ0n) is 6.74. The van der Waals surface area contributed by atoms with Gasteiger partial charge in [-0.2, -0.15) is 0 Å². The van der Waals surface area contributed by atoms with Crippen molar-refractivity contribution in [1.29, 1.82) is 0 Å². The lowest BCUT2D eigenvalue weighted by Crippen LogP contribution is -1.88. The topological polar surface area (TPSA) is 9.23 Å². The fourth-order valence-electron chi connectivity index (χ4n) is 1.40. The van der Waals surface area contributed by atoms with Crippen molar-refractivity contribution in [2.45, 2.75) is 26.2 Å². The van der Waals surface area contributed by atoms with E-state index in [1.165, 1.54) is 24.0 Å². The molecule has 0 atom stereocenters. The quantitative estimate of drug-likeness (QED) is 0.533. The third-order valence-electron chi connectivity index (χ3n) is 2.08. The highest BCUT2D eigenvalue weighted by molar-refractivity contribution is 5.31. The molecule has 0 aromatic rings. The summed E-state index contributed by atoms with van der Waals surface area (Å²) in [5.74, 6) is 0.856. The van der Waals surface area contributed by atoms with Crippen molar-refractivity contribution in [3.05, 3.63) is 23.5 Å². The minimum absolute atomic E-state index is 0.856. The van der Waals surface area contributed by atoms with Crippen molar-refractivity contribution in [2.24, 2.45) is 0 Å². The predicted molar refractivity (Wildman–Crippen MR) is 42.7 cm³/mol. The molecule has 0 unspecified atom stereocenters. The van der Waals surface area contributed by atoms with Gasteiger partial charge in [0.2, 0.25) is 0 Å². The van der Waals surface area contributed by atoms with Crippen LogP contribution in [0, 0.1) is 0 Å². The minimum atomic E-state index is 0.856. The largest absolute Gasteiger partial charge is 0.497 e. The standard InChI is InChI=1S/C9H14O/c1-7-5-4-6-9(7)8(2)10-3/h2,4-6H2,1,3H3. The Morgan fingerprint density at radius 3 is 2.60 bits per heavy atom. The SMILES string of the molecule is C=C(OC)C1=C(C)CCC1. The highest BCUT2D eigenvalue weighted by atomic mass is 16.5. The van der Waals surface area contributed by atoms with Crippen LogP contribution in [0.5, 0.6) is 0 Å². The van der Waals surface area contributed by atoms with E-state index >= 15 is 0 Å². The molecule has 0 saturated heterocycles. The summed E-state index contributed by atoms with van der Waals surface area (Å²) in [7, 11) is 1.68. The molecule has 1 rings (SSSR count). The van der Waals surface area contributed by atoms with Crippen LogP contribution in [0.1, 0.15) is 26.2 Å². The lowest BCUT2D eigenvalue weighted by molar-refractivity contribution is 0.301. The highest BCUT2D eigenvalue weighted by Crippen LogP contribution is 2.29. The Morgan fingerprint density at radius 1 is 1.50 bits per heavy atom. The van der Waals surface area contributed by atoms with Crippen LogP contribution in [-0.2, 0) is 4.74 Å². The van der Waals surface area contributed by atoms with Gasteiger partial charge in [0.05, 0.1) is 7.11 Å². The fraction of sp³-hybridized carbons (Fsp3) is 0.556. The van der Waals surface area contributed by atoms with Gasteiger partial charge in [-0.05, 0) is 31.8 Å². The zero-order valence-corrected chi connectivity index (χ0v) is 6.74. The van der Waals surface area contributed by atoms with E-state index in [9.17, 15) is 0 Å². The Labute approximate surface area is 62.4 Å². The molecule has 0 radical (unpaired) electrons. The van der Waals surface area contributed by atoms with Gasteiger partial charge in [0, 0.05) is 0 Å². The Bertz CT molecular complexity index is 177. The normalized spacial score (nSPS) is 17.8. The fourth-order valence-corrected chi connectivity index (χ4v) is 1.40. The molecule has 0 saturated carbocycles. The molecule has 0 fully saturated rings. The Hall–Kier alpha value is -0.720. The second-order valence-electron chi connectivity index (χ2n) is 2.74. The Kier molecular flexibility index (Phi) is 2.15. The van der Waals surface area contributed by atoms with E-state index < -0.39 is 0 Å². The van der Waals surface area contributed by atoms with Crippen LogP contribution in [0.25, 0.3) is 0 Å². The molecular weight excluding hydrogens is 124 g/mol. The van der Waals surface area contributed by atoms with Crippen molar-refractivity contribution in [1.82, 2.24) is 0 Å². The monoisotopic (exact) mass is 138 g/mol. The van der Waals surface area contributed by atoms with Gasteiger partial charge < -0.3 is 4.74 Å². The van der Waals surface area contributed by atoms with Crippen molar-refractivity contribution in [3.63, 3.8) is 0 Å². The molecule has 10 heavy (non-hydrogen) atoms. The van der Waals surface area contributed by atoms with Crippen molar-refractivity contribution in [3.8, 4) is 0 Å². The number of hydrogen-bond donors (Lipinski definition) is 0. The van der Waals surface area contributed by atoms with Crippen LogP contribution in [0.2, 0.25) is 0 Å². The second kappa shape index (κ2) is 2.91. The molecule has 0 aromatic carbocycles. The summed E-state index contributed by atoms with van der Waals surface area (Å²) in [5.41, 5.74) is 2.79. The summed E-state index contributed by atoms with van der Waals surface area (Å²) in [6.45, 7) is 5.98. The molecule has 0 spiro atoms. The van der Waals surface area contributed by atoms with Crippen LogP contribution in [0.3, 0.4) is 0 Å². The van der Waals surface area contributed by atoms with Crippen LogP contribution < -0.4 is 0 Å². The van der Waals surface area contributed by atoms with E-state index in [1.54, 1.807) is 7.11 Å². The lowest BCUT2D eigenvalue weighted by Gasteiger charge is -2.05. The third kappa shape index (κ3) is 1.23. The predicted octanol–water partition coefficient (Wildman–Crippen LogP) is 2.65. The van der Waals surface area contributed by atoms with Gasteiger partial charge in [0.1, 0.15) is 5.76 Å². The van der Waals surface area contributed by atoms with Gasteiger partial charge in [-0.25, -0.2) is 0 Å². The third-order valence-corrected chi connectivity index (χ3v) is 2.08. The maximum absolute atomic E-state index is 5.05. The molecule has 1 aliphatic carbocycles. The molecule has 56 valence electrons. The van der Waals surface area contributed by atoms with E-state index in [-0.39, 0.29) is 0 Å². The summed E-state index contributed by atoms with van der Waals surface area (Å²) in [6, 6.07) is 0. The van der Waals surface area contributed by atoms with E-state index in [4.69, 9.17) is 4.74 Å². The molecule has 0 aromatic heterocycles. The molecular formula is C9H14O. The molecule has 0 aliphatic heterocycles. The molecule has 0 heterocycles. The van der Waals surface area contributed by atoms with Crippen molar-refractivity contribution in [2.75, 3.05) is 7.11 Å². The number of methoxy groups -OCH3 is 1. The molecule has 1 aliphatic rings. The first-order chi connectivity index (χ1) is 4.75. The van der Waals surface area contributed by atoms with Gasteiger partial charge in [-0.3, -0.25) is 0 Å². The highest BCUT2D eigenvalue weighted by Gasteiger charge is 2.12. The molecule has 0 bridgehead atoms. The van der Waals surface area contributed by atoms with Crippen LogP contribution >= 0.6 is 0 Å². The number of rotatable bonds is 2. The molecule has 0 amide bonds. The van der Waals surface area contributed by atoms with Crippen molar-refractivity contribution < 1.29 is 4.74 Å². The average Bonchev–Trinajstić information content (AvgIpc) is 2.34. The first-order valence-electron chi connectivity index (χ1n) is 3.67. The summed E-state index contributed by atoms with van der Waals surface area (Å²) in [6.07, 6.45) is 3.64. The summed E-state index contributed by atoms with van der Waals surface area (Å²) < 4.78 is 5.05. The molecule has 1 nitrogen and oxygen atoms in total. The van der Waals surface area contributed by atoms with Gasteiger partial charge in [0.15, 0.2) is 0 Å². The first-order valence-corrected chi connectivity index (χ1v) is 3.67. The number of hydrogen-bond acceptors (Lipinski definition) is 1. The maximum Gasteiger partial charge on any atom is 0.114 e. The summed E-state index contributed by atoms with van der Waals surface area (Å²) in [4.78, 5) is 0. The van der Waals surface area contributed by atoms with E-state index in [1.807, 2.05) is 0 Å². The smallest absolute Gasteiger partial charge is 0.114 e. The van der Waals surface area contributed by atoms with Crippen LogP contribution in [0.4, 0.5) is 0 Å². The van der Waals surface area contributed by atoms with Gasteiger partial charge in [0.25, 0.3) is 0 Å². The summed E-state index contributed by atoms with van der Waals surface area (Å²) in [5, 5.41) is 0. The minimum Gasteiger partial charge on any atom is -0.497 e. The van der Waals surface area contributed by atoms with Gasteiger partial charge >= 0.3 is 0 Å². The lowest BCUT2D eigenvalue weighted by atomic mass is 10.1. The average molecular weight is 138 g/mol. The van der Waals surface area contributed by atoms with Crippen molar-refractivity contribution >= 4 is 0 Å². The van der Waals surface area contributed by atoms with Gasteiger partial charge in [-0.1, -0.05) is 12.2 Å². The van der Waals surface area contributed by atoms with E-state index in [0.717, 1.165) is 12.2 Å². The van der Waals surface area contributed by atoms with Crippen LogP contribution in [-0.4, -0.2) is 7.11 Å². The number of allylic oxidation sites excluding steroid dienone is 2. The van der Waals surface area contributed by atoms with Gasteiger partial charge in [-0.15, -0.1) is 0 Å².